The molecule has 1 atom stereocenters. The molecular formula is C15H15N11O4S. The van der Waals surface area contributed by atoms with E-state index in [-0.39, 0.29) is 23.0 Å². The Kier molecular flexibility index (Phi) is 4.27. The molecule has 1 fully saturated rings. The maximum atomic E-state index is 13.0. The second kappa shape index (κ2) is 6.89. The lowest BCUT2D eigenvalue weighted by Gasteiger charge is -2.21. The quantitative estimate of drug-likeness (QED) is 0.341. The van der Waals surface area contributed by atoms with Gasteiger partial charge < -0.3 is 10.6 Å². The van der Waals surface area contributed by atoms with Gasteiger partial charge in [-0.2, -0.15) is 10.2 Å². The maximum absolute atomic E-state index is 13.0. The van der Waals surface area contributed by atoms with Gasteiger partial charge in [-0.15, -0.1) is 10.2 Å². The third-order valence-electron chi connectivity index (χ3n) is 4.98. The lowest BCUT2D eigenvalue weighted by atomic mass is 10.2. The van der Waals surface area contributed by atoms with Crippen molar-refractivity contribution in [2.45, 2.75) is 23.8 Å². The second-order valence-corrected chi connectivity index (χ2v) is 8.64. The predicted octanol–water partition coefficient (Wildman–Crippen LogP) is -1.59. The van der Waals surface area contributed by atoms with Gasteiger partial charge in [0.05, 0.1) is 10.6 Å². The van der Waals surface area contributed by atoms with E-state index >= 15 is 0 Å². The maximum Gasteiger partial charge on any atom is 0.342 e. The molecule has 1 aliphatic heterocycles. The minimum absolute atomic E-state index is 0.00589. The van der Waals surface area contributed by atoms with E-state index in [2.05, 4.69) is 35.5 Å². The number of fused-ring (bicyclic) bond motifs is 2. The molecular weight excluding hydrogens is 430 g/mol. The van der Waals surface area contributed by atoms with E-state index in [1.54, 1.807) is 0 Å². The highest BCUT2D eigenvalue weighted by atomic mass is 32.2. The van der Waals surface area contributed by atoms with E-state index in [0.29, 0.717) is 29.7 Å². The number of sulfonamides is 1. The highest BCUT2D eigenvalue weighted by molar-refractivity contribution is 7.89. The first-order valence-electron chi connectivity index (χ1n) is 9.03. The summed E-state index contributed by atoms with van der Waals surface area (Å²) in [6.07, 6.45) is 0.871. The first kappa shape index (κ1) is 19.2. The lowest BCUT2D eigenvalue weighted by molar-refractivity contribution is -0.148. The molecule has 16 heteroatoms. The van der Waals surface area contributed by atoms with Crippen molar-refractivity contribution in [1.29, 1.82) is 0 Å². The molecule has 1 aliphatic rings. The molecule has 0 radical (unpaired) electrons. The largest absolute Gasteiger partial charge is 0.380 e. The summed E-state index contributed by atoms with van der Waals surface area (Å²) in [6.45, 7) is 0.196. The smallest absolute Gasteiger partial charge is 0.342 e. The number of nitrogen functional groups attached to an aromatic ring is 1. The third kappa shape index (κ3) is 2.95. The molecule has 4 aromatic rings. The number of tetrazole rings is 1. The zero-order valence-corrected chi connectivity index (χ0v) is 16.5. The van der Waals surface area contributed by atoms with Gasteiger partial charge in [0.25, 0.3) is 5.78 Å². The number of benzene rings is 1. The van der Waals surface area contributed by atoms with Crippen LogP contribution in [0.1, 0.15) is 12.8 Å². The minimum atomic E-state index is -3.94. The van der Waals surface area contributed by atoms with Crippen molar-refractivity contribution in [3.8, 4) is 5.69 Å². The molecule has 160 valence electrons. The SMILES string of the molecule is NOC(=O)C1CCCN1S(=O)(=O)c1ccc(-n2nc(N)c3nc4nnnn4nc32)cc1. The molecule has 15 nitrogen and oxygen atoms in total. The zero-order chi connectivity index (χ0) is 21.8. The van der Waals surface area contributed by atoms with Crippen LogP contribution in [0.4, 0.5) is 5.82 Å². The lowest BCUT2D eigenvalue weighted by Crippen LogP contribution is -2.42. The first-order chi connectivity index (χ1) is 14.9. The van der Waals surface area contributed by atoms with Gasteiger partial charge in [0.15, 0.2) is 11.3 Å². The number of anilines is 1. The van der Waals surface area contributed by atoms with Crippen molar-refractivity contribution >= 4 is 38.8 Å². The number of rotatable bonds is 4. The summed E-state index contributed by atoms with van der Waals surface area (Å²) in [4.78, 5) is 20.3. The van der Waals surface area contributed by atoms with Crippen LogP contribution in [-0.2, 0) is 19.7 Å². The summed E-state index contributed by atoms with van der Waals surface area (Å²) in [5.41, 5.74) is 7.03. The van der Waals surface area contributed by atoms with Crippen LogP contribution in [0.5, 0.6) is 0 Å². The van der Waals surface area contributed by atoms with Crippen LogP contribution in [0.2, 0.25) is 0 Å². The topological polar surface area (TPSA) is 202 Å². The molecule has 31 heavy (non-hydrogen) atoms. The van der Waals surface area contributed by atoms with Gasteiger partial charge in [0.1, 0.15) is 6.04 Å². The fourth-order valence-corrected chi connectivity index (χ4v) is 5.18. The molecule has 0 bridgehead atoms. The highest BCUT2D eigenvalue weighted by Crippen LogP contribution is 2.28. The van der Waals surface area contributed by atoms with E-state index in [0.717, 1.165) is 8.94 Å². The van der Waals surface area contributed by atoms with Crippen molar-refractivity contribution in [3.05, 3.63) is 24.3 Å². The molecule has 0 spiro atoms. The molecule has 4 heterocycles. The van der Waals surface area contributed by atoms with Gasteiger partial charge in [-0.25, -0.2) is 22.9 Å². The number of carbonyl (C=O) groups is 1. The summed E-state index contributed by atoms with van der Waals surface area (Å²) in [6, 6.07) is 4.94. The molecule has 0 aliphatic carbocycles. The normalized spacial score (nSPS) is 17.5. The van der Waals surface area contributed by atoms with Crippen LogP contribution in [0.25, 0.3) is 22.6 Å². The van der Waals surface area contributed by atoms with Gasteiger partial charge in [0.2, 0.25) is 15.7 Å². The zero-order valence-electron chi connectivity index (χ0n) is 15.7. The Labute approximate surface area is 173 Å². The van der Waals surface area contributed by atoms with Crippen molar-refractivity contribution in [3.63, 3.8) is 0 Å². The van der Waals surface area contributed by atoms with Gasteiger partial charge in [-0.1, -0.05) is 9.73 Å². The molecule has 1 aromatic carbocycles. The fourth-order valence-electron chi connectivity index (χ4n) is 3.53. The number of nitrogens with two attached hydrogens (primary N) is 2. The molecule has 1 saturated heterocycles. The van der Waals surface area contributed by atoms with Crippen molar-refractivity contribution in [1.82, 2.24) is 44.3 Å². The predicted molar refractivity (Wildman–Crippen MR) is 103 cm³/mol. The Morgan fingerprint density at radius 3 is 2.71 bits per heavy atom. The number of aromatic nitrogens is 8. The van der Waals surface area contributed by atoms with Gasteiger partial charge in [-0.3, -0.25) is 0 Å². The van der Waals surface area contributed by atoms with E-state index in [4.69, 9.17) is 11.6 Å². The number of hydrogen-bond acceptors (Lipinski definition) is 12. The van der Waals surface area contributed by atoms with Crippen molar-refractivity contribution in [2.24, 2.45) is 5.90 Å². The van der Waals surface area contributed by atoms with Crippen LogP contribution >= 0.6 is 0 Å². The van der Waals surface area contributed by atoms with E-state index in [1.807, 2.05) is 0 Å². The number of hydrogen-bond donors (Lipinski definition) is 2. The molecule has 1 unspecified atom stereocenters. The molecule has 3 aromatic heterocycles. The molecule has 0 amide bonds. The Balaban J connectivity index is 1.52. The van der Waals surface area contributed by atoms with Crippen LogP contribution in [0.15, 0.2) is 29.2 Å². The first-order valence-corrected chi connectivity index (χ1v) is 10.5. The monoisotopic (exact) mass is 445 g/mol. The Morgan fingerprint density at radius 1 is 1.19 bits per heavy atom. The minimum Gasteiger partial charge on any atom is -0.380 e. The van der Waals surface area contributed by atoms with Gasteiger partial charge in [-0.05, 0) is 47.5 Å². The van der Waals surface area contributed by atoms with Gasteiger partial charge >= 0.3 is 5.97 Å². The van der Waals surface area contributed by atoms with Crippen molar-refractivity contribution in [2.75, 3.05) is 12.3 Å². The summed E-state index contributed by atoms with van der Waals surface area (Å²) in [7, 11) is -3.94. The fraction of sp³-hybridized carbons (Fsp3) is 0.267. The summed E-state index contributed by atoms with van der Waals surface area (Å²) < 4.78 is 29.7. The van der Waals surface area contributed by atoms with Crippen LogP contribution in [0, 0.1) is 0 Å². The Morgan fingerprint density at radius 2 is 1.97 bits per heavy atom. The molecule has 5 rings (SSSR count). The second-order valence-electron chi connectivity index (χ2n) is 6.75. The third-order valence-corrected chi connectivity index (χ3v) is 6.90. The Bertz CT molecular complexity index is 1410. The van der Waals surface area contributed by atoms with Crippen LogP contribution in [0.3, 0.4) is 0 Å². The van der Waals surface area contributed by atoms with E-state index in [1.165, 1.54) is 28.9 Å². The van der Waals surface area contributed by atoms with Crippen molar-refractivity contribution < 1.29 is 18.0 Å². The summed E-state index contributed by atoms with van der Waals surface area (Å²) in [5, 5.41) is 19.4. The summed E-state index contributed by atoms with van der Waals surface area (Å²) in [5.74, 6) is 4.43. The average molecular weight is 445 g/mol. The Hall–Kier alpha value is -3.76. The highest BCUT2D eigenvalue weighted by Gasteiger charge is 2.40. The van der Waals surface area contributed by atoms with E-state index < -0.39 is 22.0 Å². The van der Waals surface area contributed by atoms with Crippen LogP contribution < -0.4 is 11.6 Å². The average Bonchev–Trinajstić information content (AvgIpc) is 3.51. The molecule has 4 N–H and O–H groups in total. The van der Waals surface area contributed by atoms with E-state index in [9.17, 15) is 13.2 Å². The summed E-state index contributed by atoms with van der Waals surface area (Å²) >= 11 is 0. The standard InChI is InChI=1S/C15H15N11O4S/c16-12-11-13(21-26-15(18-11)19-22-23-26)25(20-12)8-3-5-9(6-4-8)31(28,29)24-7-1-2-10(24)14(27)30-17/h3-6,10H,1-2,7,17H2,(H2,16,20). The number of carbonyl (C=O) groups excluding carboxylic acids is 1. The van der Waals surface area contributed by atoms with Crippen LogP contribution in [-0.4, -0.2) is 71.3 Å². The molecule has 0 saturated carbocycles. The number of nitrogens with zero attached hydrogens (tertiary/aromatic N) is 9. The van der Waals surface area contributed by atoms with Gasteiger partial charge in [0, 0.05) is 6.54 Å².